The average Bonchev–Trinajstić information content (AvgIpc) is 2.81. The normalized spacial score (nSPS) is 20.2. The molecular formula is C19H20N2O3. The van der Waals surface area contributed by atoms with Gasteiger partial charge in [0.25, 0.3) is 5.91 Å². The smallest absolute Gasteiger partial charge is 0.325 e. The Bertz CT molecular complexity index is 768. The first-order valence-electron chi connectivity index (χ1n) is 7.78. The summed E-state index contributed by atoms with van der Waals surface area (Å²) in [5.74, 6) is 0.453. The third-order valence-electron chi connectivity index (χ3n) is 4.40. The second-order valence-corrected chi connectivity index (χ2v) is 6.16. The zero-order valence-corrected chi connectivity index (χ0v) is 14.0. The van der Waals surface area contributed by atoms with Gasteiger partial charge in [-0.1, -0.05) is 42.0 Å². The van der Waals surface area contributed by atoms with Gasteiger partial charge in [-0.3, -0.25) is 9.69 Å². The molecule has 1 unspecified atom stereocenters. The lowest BCUT2D eigenvalue weighted by atomic mass is 9.92. The van der Waals surface area contributed by atoms with Crippen molar-refractivity contribution in [2.75, 3.05) is 7.11 Å². The molecule has 0 spiro atoms. The van der Waals surface area contributed by atoms with Crippen LogP contribution in [0, 0.1) is 6.92 Å². The number of hydrogen-bond acceptors (Lipinski definition) is 3. The SMILES string of the molecule is COc1ccc(C2(C)NC(=O)N(Cc3ccc(C)cc3)C2=O)cc1. The number of hydrogen-bond donors (Lipinski definition) is 1. The molecule has 0 saturated carbocycles. The van der Waals surface area contributed by atoms with Crippen molar-refractivity contribution in [1.29, 1.82) is 0 Å². The minimum absolute atomic E-state index is 0.252. The summed E-state index contributed by atoms with van der Waals surface area (Å²) in [6.07, 6.45) is 0. The van der Waals surface area contributed by atoms with E-state index >= 15 is 0 Å². The number of amides is 3. The van der Waals surface area contributed by atoms with Gasteiger partial charge in [0.05, 0.1) is 13.7 Å². The monoisotopic (exact) mass is 324 g/mol. The Morgan fingerprint density at radius 3 is 2.25 bits per heavy atom. The predicted molar refractivity (Wildman–Crippen MR) is 90.6 cm³/mol. The summed E-state index contributed by atoms with van der Waals surface area (Å²) in [6, 6.07) is 14.6. The largest absolute Gasteiger partial charge is 0.497 e. The summed E-state index contributed by atoms with van der Waals surface area (Å²) in [5.41, 5.74) is 1.73. The van der Waals surface area contributed by atoms with Crippen LogP contribution in [0.25, 0.3) is 0 Å². The number of ether oxygens (including phenoxy) is 1. The Morgan fingerprint density at radius 2 is 1.67 bits per heavy atom. The molecule has 5 heteroatoms. The lowest BCUT2D eigenvalue weighted by molar-refractivity contribution is -0.131. The molecular weight excluding hydrogens is 304 g/mol. The molecule has 1 saturated heterocycles. The quantitative estimate of drug-likeness (QED) is 0.880. The minimum Gasteiger partial charge on any atom is -0.497 e. The summed E-state index contributed by atoms with van der Waals surface area (Å²) in [5, 5.41) is 2.81. The van der Waals surface area contributed by atoms with Crippen molar-refractivity contribution >= 4 is 11.9 Å². The first-order chi connectivity index (χ1) is 11.4. The Morgan fingerprint density at radius 1 is 1.04 bits per heavy atom. The second kappa shape index (κ2) is 6.00. The van der Waals surface area contributed by atoms with Crippen LogP contribution < -0.4 is 10.1 Å². The van der Waals surface area contributed by atoms with Gasteiger partial charge in [0, 0.05) is 0 Å². The van der Waals surface area contributed by atoms with Gasteiger partial charge in [-0.05, 0) is 37.1 Å². The predicted octanol–water partition coefficient (Wildman–Crippen LogP) is 2.97. The zero-order valence-electron chi connectivity index (χ0n) is 14.0. The van der Waals surface area contributed by atoms with Crippen molar-refractivity contribution < 1.29 is 14.3 Å². The molecule has 3 amide bonds. The van der Waals surface area contributed by atoms with Gasteiger partial charge in [0.15, 0.2) is 0 Å². The van der Waals surface area contributed by atoms with E-state index in [9.17, 15) is 9.59 Å². The molecule has 0 radical (unpaired) electrons. The van der Waals surface area contributed by atoms with Gasteiger partial charge in [-0.15, -0.1) is 0 Å². The van der Waals surface area contributed by atoms with Gasteiger partial charge in [0.1, 0.15) is 11.3 Å². The number of aryl methyl sites for hydroxylation is 1. The Labute approximate surface area is 141 Å². The van der Waals surface area contributed by atoms with E-state index in [0.717, 1.165) is 16.7 Å². The fourth-order valence-electron chi connectivity index (χ4n) is 2.84. The van der Waals surface area contributed by atoms with Crippen molar-refractivity contribution in [2.24, 2.45) is 0 Å². The van der Waals surface area contributed by atoms with Crippen LogP contribution in [0.4, 0.5) is 4.79 Å². The summed E-state index contributed by atoms with van der Waals surface area (Å²) < 4.78 is 5.14. The van der Waals surface area contributed by atoms with Crippen LogP contribution in [0.2, 0.25) is 0 Å². The summed E-state index contributed by atoms with van der Waals surface area (Å²) in [7, 11) is 1.59. The lowest BCUT2D eigenvalue weighted by Gasteiger charge is -2.22. The van der Waals surface area contributed by atoms with E-state index in [-0.39, 0.29) is 18.5 Å². The molecule has 1 heterocycles. The average molecular weight is 324 g/mol. The number of imide groups is 1. The topological polar surface area (TPSA) is 58.6 Å². The second-order valence-electron chi connectivity index (χ2n) is 6.16. The summed E-state index contributed by atoms with van der Waals surface area (Å²) >= 11 is 0. The van der Waals surface area contributed by atoms with E-state index in [1.165, 1.54) is 4.90 Å². The molecule has 124 valence electrons. The van der Waals surface area contributed by atoms with E-state index in [1.807, 2.05) is 31.2 Å². The van der Waals surface area contributed by atoms with Crippen LogP contribution >= 0.6 is 0 Å². The number of nitrogens with zero attached hydrogens (tertiary/aromatic N) is 1. The van der Waals surface area contributed by atoms with Crippen LogP contribution in [0.5, 0.6) is 5.75 Å². The maximum Gasteiger partial charge on any atom is 0.325 e. The van der Waals surface area contributed by atoms with Crippen LogP contribution in [0.15, 0.2) is 48.5 Å². The fraction of sp³-hybridized carbons (Fsp3) is 0.263. The number of urea groups is 1. The van der Waals surface area contributed by atoms with Crippen LogP contribution in [-0.4, -0.2) is 23.9 Å². The van der Waals surface area contributed by atoms with Gasteiger partial charge < -0.3 is 10.1 Å². The van der Waals surface area contributed by atoms with Crippen molar-refractivity contribution in [3.8, 4) is 5.75 Å². The van der Waals surface area contributed by atoms with Crippen molar-refractivity contribution in [1.82, 2.24) is 10.2 Å². The zero-order chi connectivity index (χ0) is 17.3. The number of methoxy groups -OCH3 is 1. The maximum atomic E-state index is 12.9. The molecule has 2 aromatic carbocycles. The van der Waals surface area contributed by atoms with Crippen molar-refractivity contribution in [3.63, 3.8) is 0 Å². The highest BCUT2D eigenvalue weighted by atomic mass is 16.5. The molecule has 1 aliphatic rings. The van der Waals surface area contributed by atoms with Crippen LogP contribution in [0.3, 0.4) is 0 Å². The number of rotatable bonds is 4. The summed E-state index contributed by atoms with van der Waals surface area (Å²) in [6.45, 7) is 3.99. The number of carbonyl (C=O) groups excluding carboxylic acids is 2. The van der Waals surface area contributed by atoms with E-state index in [1.54, 1.807) is 38.3 Å². The molecule has 3 rings (SSSR count). The molecule has 1 aliphatic heterocycles. The van der Waals surface area contributed by atoms with E-state index in [0.29, 0.717) is 5.75 Å². The molecule has 0 aliphatic carbocycles. The number of nitrogens with one attached hydrogen (secondary N) is 1. The molecule has 2 aromatic rings. The molecule has 0 aromatic heterocycles. The van der Waals surface area contributed by atoms with Gasteiger partial charge in [-0.25, -0.2) is 4.79 Å². The molecule has 5 nitrogen and oxygen atoms in total. The van der Waals surface area contributed by atoms with Crippen molar-refractivity contribution in [2.45, 2.75) is 25.9 Å². The van der Waals surface area contributed by atoms with Crippen molar-refractivity contribution in [3.05, 3.63) is 65.2 Å². The first kappa shape index (κ1) is 16.1. The Balaban J connectivity index is 1.85. The molecule has 1 fully saturated rings. The Hall–Kier alpha value is -2.82. The minimum atomic E-state index is -1.06. The maximum absolute atomic E-state index is 12.9. The van der Waals surface area contributed by atoms with E-state index in [4.69, 9.17) is 4.74 Å². The van der Waals surface area contributed by atoms with E-state index in [2.05, 4.69) is 5.32 Å². The first-order valence-corrected chi connectivity index (χ1v) is 7.78. The fourth-order valence-corrected chi connectivity index (χ4v) is 2.84. The lowest BCUT2D eigenvalue weighted by Crippen LogP contribution is -2.40. The third kappa shape index (κ3) is 2.73. The summed E-state index contributed by atoms with van der Waals surface area (Å²) in [4.78, 5) is 26.5. The highest BCUT2D eigenvalue weighted by molar-refractivity contribution is 6.07. The molecule has 24 heavy (non-hydrogen) atoms. The van der Waals surface area contributed by atoms with Gasteiger partial charge in [0.2, 0.25) is 0 Å². The third-order valence-corrected chi connectivity index (χ3v) is 4.40. The highest BCUT2D eigenvalue weighted by Gasteiger charge is 2.48. The van der Waals surface area contributed by atoms with E-state index < -0.39 is 5.54 Å². The number of carbonyl (C=O) groups is 2. The number of benzene rings is 2. The van der Waals surface area contributed by atoms with Crippen LogP contribution in [-0.2, 0) is 16.9 Å². The molecule has 1 N–H and O–H groups in total. The van der Waals surface area contributed by atoms with Gasteiger partial charge >= 0.3 is 6.03 Å². The van der Waals surface area contributed by atoms with Gasteiger partial charge in [-0.2, -0.15) is 0 Å². The molecule has 0 bridgehead atoms. The highest BCUT2D eigenvalue weighted by Crippen LogP contribution is 2.30. The molecule has 1 atom stereocenters. The van der Waals surface area contributed by atoms with Crippen LogP contribution in [0.1, 0.15) is 23.6 Å². The standard InChI is InChI=1S/C19H20N2O3/c1-13-4-6-14(7-5-13)12-21-17(22)19(2,20-18(21)23)15-8-10-16(24-3)11-9-15/h4-11H,12H2,1-3H3,(H,20,23). The Kier molecular flexibility index (Phi) is 4.01.